The van der Waals surface area contributed by atoms with Crippen LogP contribution >= 0.6 is 0 Å². The number of carboxylic acids is 1. The number of hydrogen-bond acceptors (Lipinski definition) is 5. The molecule has 0 aromatic heterocycles. The van der Waals surface area contributed by atoms with Gasteiger partial charge in [0, 0.05) is 0 Å². The minimum Gasteiger partial charge on any atom is -0.478 e. The van der Waals surface area contributed by atoms with Crippen molar-refractivity contribution >= 4 is 17.6 Å². The molecule has 1 heterocycles. The average molecular weight is 364 g/mol. The van der Waals surface area contributed by atoms with Gasteiger partial charge in [-0.1, -0.05) is 60.7 Å². The maximum Gasteiger partial charge on any atom is 0.337 e. The molecule has 0 amide bonds. The Morgan fingerprint density at radius 2 is 1.63 bits per heavy atom. The van der Waals surface area contributed by atoms with Crippen molar-refractivity contribution in [1.82, 2.24) is 5.32 Å². The van der Waals surface area contributed by atoms with Crippen LogP contribution in [0, 0.1) is 0 Å². The molecular formula is C21H20N2O4. The Morgan fingerprint density at radius 3 is 2.19 bits per heavy atom. The third kappa shape index (κ3) is 3.55. The molecule has 0 bridgehead atoms. The van der Waals surface area contributed by atoms with E-state index in [-0.39, 0.29) is 23.6 Å². The summed E-state index contributed by atoms with van der Waals surface area (Å²) < 4.78 is 5.26. The molecule has 4 N–H and O–H groups in total. The molecule has 6 heteroatoms. The van der Waals surface area contributed by atoms with Crippen molar-refractivity contribution in [3.63, 3.8) is 0 Å². The summed E-state index contributed by atoms with van der Waals surface area (Å²) in [5, 5.41) is 12.7. The van der Waals surface area contributed by atoms with Gasteiger partial charge < -0.3 is 20.9 Å². The molecule has 2 aromatic rings. The smallest absolute Gasteiger partial charge is 0.337 e. The van der Waals surface area contributed by atoms with Crippen molar-refractivity contribution in [3.05, 3.63) is 88.8 Å². The second kappa shape index (κ2) is 7.78. The highest BCUT2D eigenvalue weighted by atomic mass is 16.5. The second-order valence-corrected chi connectivity index (χ2v) is 5.98. The average Bonchev–Trinajstić information content (AvgIpc) is 2.68. The van der Waals surface area contributed by atoms with Crippen LogP contribution in [0.25, 0.3) is 5.70 Å². The molecule has 1 aliphatic heterocycles. The maximum absolute atomic E-state index is 12.9. The fourth-order valence-corrected chi connectivity index (χ4v) is 3.19. The van der Waals surface area contributed by atoms with Gasteiger partial charge in [0.2, 0.25) is 0 Å². The van der Waals surface area contributed by atoms with Crippen LogP contribution in [0.3, 0.4) is 0 Å². The number of aliphatic carboxylic acids is 1. The Hall–Kier alpha value is -3.54. The standard InChI is InChI=1S/C21H20N2O4/c1-2-27-21(26)16-15(13-9-5-3-6-10-13)17(20(24)25)19(22)23-18(16)14-11-7-4-8-12-14/h3-12,15,23H,2,22H2,1H3,(H,24,25). The van der Waals surface area contributed by atoms with Gasteiger partial charge in [-0.25, -0.2) is 9.59 Å². The Balaban J connectivity index is 2.29. The van der Waals surface area contributed by atoms with E-state index in [0.717, 1.165) is 0 Å². The number of carbonyl (C=O) groups excluding carboxylic acids is 1. The minimum atomic E-state index is -1.19. The molecule has 1 unspecified atom stereocenters. The van der Waals surface area contributed by atoms with E-state index >= 15 is 0 Å². The van der Waals surface area contributed by atoms with E-state index in [1.54, 1.807) is 31.2 Å². The summed E-state index contributed by atoms with van der Waals surface area (Å²) in [4.78, 5) is 24.8. The highest BCUT2D eigenvalue weighted by molar-refractivity contribution is 6.05. The molecule has 6 nitrogen and oxygen atoms in total. The monoisotopic (exact) mass is 364 g/mol. The van der Waals surface area contributed by atoms with Gasteiger partial charge in [-0.3, -0.25) is 0 Å². The predicted octanol–water partition coefficient (Wildman–Crippen LogP) is 2.60. The molecule has 3 rings (SSSR count). The minimum absolute atomic E-state index is 0.00301. The van der Waals surface area contributed by atoms with E-state index in [0.29, 0.717) is 16.8 Å². The molecule has 0 aliphatic carbocycles. The molecular weight excluding hydrogens is 344 g/mol. The highest BCUT2D eigenvalue weighted by Crippen LogP contribution is 2.40. The van der Waals surface area contributed by atoms with Gasteiger partial charge >= 0.3 is 11.9 Å². The Morgan fingerprint density at radius 1 is 1.04 bits per heavy atom. The highest BCUT2D eigenvalue weighted by Gasteiger charge is 2.39. The summed E-state index contributed by atoms with van der Waals surface area (Å²) in [6.07, 6.45) is 0. The van der Waals surface area contributed by atoms with E-state index < -0.39 is 17.9 Å². The van der Waals surface area contributed by atoms with Crippen LogP contribution in [-0.2, 0) is 14.3 Å². The first-order chi connectivity index (χ1) is 13.0. The van der Waals surface area contributed by atoms with Crippen LogP contribution in [-0.4, -0.2) is 23.7 Å². The third-order valence-corrected chi connectivity index (χ3v) is 4.32. The first-order valence-corrected chi connectivity index (χ1v) is 8.56. The second-order valence-electron chi connectivity index (χ2n) is 5.98. The first-order valence-electron chi connectivity index (χ1n) is 8.56. The number of dihydropyridines is 1. The number of nitrogens with two attached hydrogens (primary N) is 1. The number of esters is 1. The Kier molecular flexibility index (Phi) is 5.26. The van der Waals surface area contributed by atoms with Gasteiger partial charge in [-0.15, -0.1) is 0 Å². The molecule has 1 aliphatic rings. The van der Waals surface area contributed by atoms with Crippen molar-refractivity contribution in [2.75, 3.05) is 6.61 Å². The topological polar surface area (TPSA) is 102 Å². The van der Waals surface area contributed by atoms with E-state index in [2.05, 4.69) is 5.32 Å². The number of rotatable bonds is 5. The maximum atomic E-state index is 12.9. The number of hydrogen-bond donors (Lipinski definition) is 3. The lowest BCUT2D eigenvalue weighted by Crippen LogP contribution is -2.35. The van der Waals surface area contributed by atoms with Gasteiger partial charge in [-0.2, -0.15) is 0 Å². The summed E-state index contributed by atoms with van der Waals surface area (Å²) in [6.45, 7) is 1.88. The van der Waals surface area contributed by atoms with Gasteiger partial charge in [0.25, 0.3) is 0 Å². The lowest BCUT2D eigenvalue weighted by molar-refractivity contribution is -0.138. The SMILES string of the molecule is CCOC(=O)C1=C(c2ccccc2)NC(N)=C(C(=O)O)C1c1ccccc1. The molecule has 0 saturated carbocycles. The van der Waals surface area contributed by atoms with Crippen LogP contribution < -0.4 is 11.1 Å². The quantitative estimate of drug-likeness (QED) is 0.705. The van der Waals surface area contributed by atoms with Crippen LogP contribution in [0.4, 0.5) is 0 Å². The van der Waals surface area contributed by atoms with Gasteiger partial charge in [0.05, 0.1) is 29.4 Å². The predicted molar refractivity (Wildman–Crippen MR) is 101 cm³/mol. The van der Waals surface area contributed by atoms with Crippen LogP contribution in [0.5, 0.6) is 0 Å². The molecule has 0 radical (unpaired) electrons. The lowest BCUT2D eigenvalue weighted by atomic mass is 9.80. The van der Waals surface area contributed by atoms with E-state index in [9.17, 15) is 14.7 Å². The summed E-state index contributed by atoms with van der Waals surface area (Å²) in [5.74, 6) is -2.62. The lowest BCUT2D eigenvalue weighted by Gasteiger charge is -2.30. The number of carboxylic acid groups (broad SMARTS) is 1. The van der Waals surface area contributed by atoms with Gasteiger partial charge in [-0.05, 0) is 18.1 Å². The molecule has 0 spiro atoms. The number of benzene rings is 2. The van der Waals surface area contributed by atoms with Crippen LogP contribution in [0.2, 0.25) is 0 Å². The summed E-state index contributed by atoms with van der Waals surface area (Å²) in [7, 11) is 0. The zero-order valence-corrected chi connectivity index (χ0v) is 14.8. The largest absolute Gasteiger partial charge is 0.478 e. The van der Waals surface area contributed by atoms with Crippen molar-refractivity contribution in [1.29, 1.82) is 0 Å². The van der Waals surface area contributed by atoms with Crippen LogP contribution in [0.15, 0.2) is 77.6 Å². The molecule has 138 valence electrons. The normalized spacial score (nSPS) is 16.7. The Bertz CT molecular complexity index is 918. The first kappa shape index (κ1) is 18.3. The van der Waals surface area contributed by atoms with Gasteiger partial charge in [0.1, 0.15) is 5.82 Å². The summed E-state index contributed by atoms with van der Waals surface area (Å²) in [5.41, 5.74) is 8.03. The number of carbonyl (C=O) groups is 2. The molecule has 2 aromatic carbocycles. The van der Waals surface area contributed by atoms with E-state index in [4.69, 9.17) is 10.5 Å². The molecule has 0 saturated heterocycles. The molecule has 0 fully saturated rings. The fraction of sp³-hybridized carbons (Fsp3) is 0.143. The molecule has 27 heavy (non-hydrogen) atoms. The van der Waals surface area contributed by atoms with E-state index in [1.165, 1.54) is 0 Å². The zero-order chi connectivity index (χ0) is 19.4. The summed E-state index contributed by atoms with van der Waals surface area (Å²) in [6, 6.07) is 18.1. The van der Waals surface area contributed by atoms with Crippen LogP contribution in [0.1, 0.15) is 24.0 Å². The number of ether oxygens (including phenoxy) is 1. The Labute approximate surface area is 157 Å². The van der Waals surface area contributed by atoms with E-state index in [1.807, 2.05) is 36.4 Å². The third-order valence-electron chi connectivity index (χ3n) is 4.32. The van der Waals surface area contributed by atoms with Crippen molar-refractivity contribution < 1.29 is 19.4 Å². The van der Waals surface area contributed by atoms with Crippen molar-refractivity contribution in [2.45, 2.75) is 12.8 Å². The van der Waals surface area contributed by atoms with Crippen molar-refractivity contribution in [2.24, 2.45) is 5.73 Å². The fourth-order valence-electron chi connectivity index (χ4n) is 3.19. The number of nitrogens with one attached hydrogen (secondary N) is 1. The van der Waals surface area contributed by atoms with Crippen molar-refractivity contribution in [3.8, 4) is 0 Å². The molecule has 1 atom stereocenters. The summed E-state index contributed by atoms with van der Waals surface area (Å²) >= 11 is 0. The van der Waals surface area contributed by atoms with Gasteiger partial charge in [0.15, 0.2) is 0 Å². The zero-order valence-electron chi connectivity index (χ0n) is 14.8.